The number of hydrogen-bond acceptors (Lipinski definition) is 6. The molecule has 2 atom stereocenters. The number of hydrogen-bond donors (Lipinski definition) is 3. The van der Waals surface area contributed by atoms with Crippen LogP contribution < -0.4 is 14.8 Å². The molecular weight excluding hydrogens is 362 g/mol. The highest BCUT2D eigenvalue weighted by molar-refractivity contribution is 6.31. The fourth-order valence-electron chi connectivity index (χ4n) is 2.44. The van der Waals surface area contributed by atoms with E-state index in [-0.39, 0.29) is 30.5 Å². The third kappa shape index (κ3) is 4.37. The molecule has 0 spiro atoms. The van der Waals surface area contributed by atoms with Crippen LogP contribution in [0.25, 0.3) is 0 Å². The summed E-state index contributed by atoms with van der Waals surface area (Å²) in [5, 5.41) is 23.1. The Morgan fingerprint density at radius 2 is 1.88 bits per heavy atom. The summed E-state index contributed by atoms with van der Waals surface area (Å²) in [7, 11) is 0. The van der Waals surface area contributed by atoms with Crippen LogP contribution in [0.15, 0.2) is 42.5 Å². The zero-order chi connectivity index (χ0) is 18.5. The molecule has 0 aromatic heterocycles. The summed E-state index contributed by atoms with van der Waals surface area (Å²) in [5.41, 5.74) is 1.12. The third-order valence-corrected chi connectivity index (χ3v) is 4.17. The van der Waals surface area contributed by atoms with Crippen molar-refractivity contribution in [1.29, 1.82) is 0 Å². The van der Waals surface area contributed by atoms with E-state index in [1.807, 2.05) is 30.3 Å². The van der Waals surface area contributed by atoms with Crippen LogP contribution in [0.2, 0.25) is 5.02 Å². The van der Waals surface area contributed by atoms with Crippen LogP contribution in [0.1, 0.15) is 17.2 Å². The molecule has 0 bridgehead atoms. The lowest BCUT2D eigenvalue weighted by Crippen LogP contribution is -2.35. The van der Waals surface area contributed by atoms with E-state index in [9.17, 15) is 15.0 Å². The van der Waals surface area contributed by atoms with Crippen molar-refractivity contribution in [3.63, 3.8) is 0 Å². The molecule has 1 amide bonds. The SMILES string of the molecule is O=C(NCC(O)C(O)c1cc2c(cc1Cl)OCO2)OCc1ccccc1. The number of amides is 1. The number of fused-ring (bicyclic) bond motifs is 1. The summed E-state index contributed by atoms with van der Waals surface area (Å²) in [6.45, 7) is -0.0263. The van der Waals surface area contributed by atoms with Gasteiger partial charge in [-0.2, -0.15) is 0 Å². The Bertz CT molecular complexity index is 770. The summed E-state index contributed by atoms with van der Waals surface area (Å²) in [6.07, 6.45) is -3.29. The molecule has 2 aromatic carbocycles. The number of nitrogens with one attached hydrogen (secondary N) is 1. The van der Waals surface area contributed by atoms with Gasteiger partial charge in [-0.15, -0.1) is 0 Å². The van der Waals surface area contributed by atoms with Crippen molar-refractivity contribution in [2.75, 3.05) is 13.3 Å². The van der Waals surface area contributed by atoms with Crippen molar-refractivity contribution in [1.82, 2.24) is 5.32 Å². The molecule has 0 saturated heterocycles. The molecule has 3 N–H and O–H groups in total. The molecule has 1 heterocycles. The van der Waals surface area contributed by atoms with Gasteiger partial charge in [0.1, 0.15) is 18.8 Å². The molecule has 2 aromatic rings. The molecule has 138 valence electrons. The van der Waals surface area contributed by atoms with Crippen LogP contribution in [-0.4, -0.2) is 35.7 Å². The normalized spacial score (nSPS) is 14.6. The minimum absolute atomic E-state index is 0.0720. The second kappa shape index (κ2) is 8.27. The fourth-order valence-corrected chi connectivity index (χ4v) is 2.71. The van der Waals surface area contributed by atoms with Gasteiger partial charge in [0, 0.05) is 18.2 Å². The predicted octanol–water partition coefficient (Wildman–Crippen LogP) is 2.39. The summed E-state index contributed by atoms with van der Waals surface area (Å²) in [4.78, 5) is 11.7. The quantitative estimate of drug-likeness (QED) is 0.713. The minimum atomic E-state index is -1.31. The van der Waals surface area contributed by atoms with Crippen LogP contribution in [-0.2, 0) is 11.3 Å². The number of rotatable bonds is 6. The fraction of sp³-hybridized carbons (Fsp3) is 0.278. The number of halogens is 1. The van der Waals surface area contributed by atoms with Crippen molar-refractivity contribution in [3.8, 4) is 11.5 Å². The van der Waals surface area contributed by atoms with E-state index in [0.29, 0.717) is 11.5 Å². The van der Waals surface area contributed by atoms with Gasteiger partial charge in [0.2, 0.25) is 6.79 Å². The lowest BCUT2D eigenvalue weighted by molar-refractivity contribution is 0.0183. The number of alkyl carbamates (subject to hydrolysis) is 1. The van der Waals surface area contributed by atoms with Crippen molar-refractivity contribution >= 4 is 17.7 Å². The Morgan fingerprint density at radius 1 is 1.19 bits per heavy atom. The molecule has 2 unspecified atom stereocenters. The van der Waals surface area contributed by atoms with Gasteiger partial charge in [-0.1, -0.05) is 41.9 Å². The number of carbonyl (C=O) groups is 1. The molecule has 3 rings (SSSR count). The monoisotopic (exact) mass is 379 g/mol. The number of benzene rings is 2. The summed E-state index contributed by atoms with van der Waals surface area (Å²) in [6, 6.07) is 12.2. The summed E-state index contributed by atoms with van der Waals surface area (Å²) in [5.74, 6) is 0.911. The van der Waals surface area contributed by atoms with Gasteiger partial charge >= 0.3 is 6.09 Å². The number of carbonyl (C=O) groups excluding carboxylic acids is 1. The average molecular weight is 380 g/mol. The maximum atomic E-state index is 11.7. The second-order valence-electron chi connectivity index (χ2n) is 5.68. The molecule has 1 aliphatic rings. The Kier molecular flexibility index (Phi) is 5.82. The zero-order valence-corrected chi connectivity index (χ0v) is 14.5. The predicted molar refractivity (Wildman–Crippen MR) is 93.2 cm³/mol. The number of aliphatic hydroxyl groups is 2. The topological polar surface area (TPSA) is 97.3 Å². The van der Waals surface area contributed by atoms with Crippen LogP contribution in [0.4, 0.5) is 4.79 Å². The highest BCUT2D eigenvalue weighted by Crippen LogP contribution is 2.39. The van der Waals surface area contributed by atoms with Gasteiger partial charge in [0.05, 0.1) is 5.02 Å². The Hall–Kier alpha value is -2.48. The standard InChI is InChI=1S/C18H18ClNO6/c19-13-7-16-15(25-10-26-16)6-12(13)17(22)14(21)8-20-18(23)24-9-11-4-2-1-3-5-11/h1-7,14,17,21-22H,8-10H2,(H,20,23). The zero-order valence-electron chi connectivity index (χ0n) is 13.7. The Balaban J connectivity index is 1.51. The summed E-state index contributed by atoms with van der Waals surface area (Å²) < 4.78 is 15.5. The van der Waals surface area contributed by atoms with E-state index in [2.05, 4.69) is 5.32 Å². The average Bonchev–Trinajstić information content (AvgIpc) is 3.11. The first-order valence-corrected chi connectivity index (χ1v) is 8.32. The van der Waals surface area contributed by atoms with E-state index < -0.39 is 18.3 Å². The number of aliphatic hydroxyl groups excluding tert-OH is 2. The minimum Gasteiger partial charge on any atom is -0.454 e. The summed E-state index contributed by atoms with van der Waals surface area (Å²) >= 11 is 6.11. The number of ether oxygens (including phenoxy) is 3. The highest BCUT2D eigenvalue weighted by atomic mass is 35.5. The molecule has 0 radical (unpaired) electrons. The maximum Gasteiger partial charge on any atom is 0.407 e. The molecule has 8 heteroatoms. The van der Waals surface area contributed by atoms with E-state index in [0.717, 1.165) is 5.56 Å². The molecular formula is C18H18ClNO6. The molecule has 1 aliphatic heterocycles. The second-order valence-corrected chi connectivity index (χ2v) is 6.09. The van der Waals surface area contributed by atoms with E-state index in [1.54, 1.807) is 0 Å². The smallest absolute Gasteiger partial charge is 0.407 e. The van der Waals surface area contributed by atoms with Gasteiger partial charge < -0.3 is 29.7 Å². The van der Waals surface area contributed by atoms with Gasteiger partial charge in [0.15, 0.2) is 11.5 Å². The maximum absolute atomic E-state index is 11.7. The molecule has 7 nitrogen and oxygen atoms in total. The van der Waals surface area contributed by atoms with Gasteiger partial charge in [0.25, 0.3) is 0 Å². The molecule has 0 fully saturated rings. The lowest BCUT2D eigenvalue weighted by atomic mass is 10.0. The Morgan fingerprint density at radius 3 is 2.62 bits per heavy atom. The molecule has 26 heavy (non-hydrogen) atoms. The van der Waals surface area contributed by atoms with E-state index in [4.69, 9.17) is 25.8 Å². The van der Waals surface area contributed by atoms with Crippen molar-refractivity contribution in [2.45, 2.75) is 18.8 Å². The van der Waals surface area contributed by atoms with Gasteiger partial charge in [-0.25, -0.2) is 4.79 Å². The van der Waals surface area contributed by atoms with Gasteiger partial charge in [-0.3, -0.25) is 0 Å². The first-order chi connectivity index (χ1) is 12.5. The van der Waals surface area contributed by atoms with E-state index in [1.165, 1.54) is 12.1 Å². The first kappa shape index (κ1) is 18.3. The Labute approximate surface area is 155 Å². The molecule has 0 aliphatic carbocycles. The van der Waals surface area contributed by atoms with Crippen LogP contribution in [0.5, 0.6) is 11.5 Å². The third-order valence-electron chi connectivity index (χ3n) is 3.84. The van der Waals surface area contributed by atoms with Gasteiger partial charge in [-0.05, 0) is 11.6 Å². The van der Waals surface area contributed by atoms with Crippen LogP contribution in [0, 0.1) is 0 Å². The van der Waals surface area contributed by atoms with Crippen molar-refractivity contribution < 1.29 is 29.2 Å². The first-order valence-electron chi connectivity index (χ1n) is 7.94. The lowest BCUT2D eigenvalue weighted by Gasteiger charge is -2.20. The van der Waals surface area contributed by atoms with Crippen molar-refractivity contribution in [3.05, 3.63) is 58.6 Å². The highest BCUT2D eigenvalue weighted by Gasteiger charge is 2.25. The molecule has 0 saturated carbocycles. The van der Waals surface area contributed by atoms with Crippen LogP contribution >= 0.6 is 11.6 Å². The van der Waals surface area contributed by atoms with Crippen molar-refractivity contribution in [2.24, 2.45) is 0 Å². The largest absolute Gasteiger partial charge is 0.454 e. The van der Waals surface area contributed by atoms with Crippen LogP contribution in [0.3, 0.4) is 0 Å². The van der Waals surface area contributed by atoms with E-state index >= 15 is 0 Å².